The van der Waals surface area contributed by atoms with Crippen molar-refractivity contribution < 1.29 is 9.94 Å². The molecule has 1 aromatic heterocycles. The van der Waals surface area contributed by atoms with Crippen LogP contribution in [0.15, 0.2) is 22.2 Å². The van der Waals surface area contributed by atoms with Crippen LogP contribution in [0.4, 0.5) is 0 Å². The number of oxime groups is 1. The first kappa shape index (κ1) is 10.1. The molecular weight excluding hydrogens is 186 g/mol. The summed E-state index contributed by atoms with van der Waals surface area (Å²) in [6, 6.07) is 1.21. The Kier molecular flexibility index (Phi) is 3.11. The number of aromatic amines is 1. The average molecular weight is 197 g/mol. The number of hydrogen-bond donors (Lipinski definition) is 3. The molecular formula is C8H11N3O3. The molecule has 0 fully saturated rings. The van der Waals surface area contributed by atoms with Crippen LogP contribution in [-0.2, 0) is 0 Å². The van der Waals surface area contributed by atoms with Crippen LogP contribution in [0.1, 0.15) is 12.6 Å². The minimum Gasteiger partial charge on any atom is -0.488 e. The van der Waals surface area contributed by atoms with E-state index >= 15 is 0 Å². The summed E-state index contributed by atoms with van der Waals surface area (Å²) in [5, 5.41) is 11.1. The Hall–Kier alpha value is -1.98. The largest absolute Gasteiger partial charge is 0.488 e. The van der Waals surface area contributed by atoms with Crippen LogP contribution in [0.3, 0.4) is 0 Å². The lowest BCUT2D eigenvalue weighted by Gasteiger charge is -2.02. The number of aromatic nitrogens is 1. The Bertz CT molecular complexity index is 397. The van der Waals surface area contributed by atoms with Crippen molar-refractivity contribution in [3.63, 3.8) is 0 Å². The molecule has 1 rings (SSSR count). The van der Waals surface area contributed by atoms with E-state index in [9.17, 15) is 4.79 Å². The number of ether oxygens (including phenoxy) is 1. The van der Waals surface area contributed by atoms with Gasteiger partial charge in [-0.05, 0) is 6.92 Å². The van der Waals surface area contributed by atoms with Crippen LogP contribution >= 0.6 is 0 Å². The van der Waals surface area contributed by atoms with Crippen LogP contribution < -0.4 is 15.9 Å². The van der Waals surface area contributed by atoms with Crippen molar-refractivity contribution in [2.75, 3.05) is 6.61 Å². The predicted octanol–water partition coefficient (Wildman–Crippen LogP) is -0.132. The molecule has 4 N–H and O–H groups in total. The zero-order valence-corrected chi connectivity index (χ0v) is 7.65. The normalized spacial score (nSPS) is 11.4. The topological polar surface area (TPSA) is 101 Å². The predicted molar refractivity (Wildman–Crippen MR) is 50.7 cm³/mol. The first-order valence-electron chi connectivity index (χ1n) is 4.02. The van der Waals surface area contributed by atoms with Gasteiger partial charge < -0.3 is 20.7 Å². The van der Waals surface area contributed by atoms with E-state index in [1.165, 1.54) is 12.3 Å². The molecule has 0 bridgehead atoms. The third kappa shape index (κ3) is 2.03. The van der Waals surface area contributed by atoms with Gasteiger partial charge in [0.25, 0.3) is 0 Å². The summed E-state index contributed by atoms with van der Waals surface area (Å²) in [6.45, 7) is 2.18. The molecule has 0 unspecified atom stereocenters. The lowest BCUT2D eigenvalue weighted by Crippen LogP contribution is -2.18. The maximum Gasteiger partial charge on any atom is 0.224 e. The molecule has 0 saturated carbocycles. The molecule has 0 aliphatic carbocycles. The van der Waals surface area contributed by atoms with Crippen molar-refractivity contribution in [2.45, 2.75) is 6.92 Å². The highest BCUT2D eigenvalue weighted by atomic mass is 16.5. The average Bonchev–Trinajstić information content (AvgIpc) is 2.20. The second-order valence-corrected chi connectivity index (χ2v) is 2.49. The fourth-order valence-corrected chi connectivity index (χ4v) is 0.928. The van der Waals surface area contributed by atoms with Crippen LogP contribution in [0.2, 0.25) is 0 Å². The maximum atomic E-state index is 11.3. The highest BCUT2D eigenvalue weighted by Gasteiger charge is 2.04. The molecule has 6 nitrogen and oxygen atoms in total. The van der Waals surface area contributed by atoms with Gasteiger partial charge in [-0.3, -0.25) is 4.79 Å². The summed E-state index contributed by atoms with van der Waals surface area (Å²) >= 11 is 0. The van der Waals surface area contributed by atoms with Gasteiger partial charge in [-0.1, -0.05) is 5.16 Å². The van der Waals surface area contributed by atoms with Gasteiger partial charge in [0.15, 0.2) is 11.6 Å². The highest BCUT2D eigenvalue weighted by Crippen LogP contribution is 2.01. The van der Waals surface area contributed by atoms with Gasteiger partial charge in [0.2, 0.25) is 5.43 Å². The van der Waals surface area contributed by atoms with E-state index in [1.54, 1.807) is 6.92 Å². The smallest absolute Gasteiger partial charge is 0.224 e. The molecule has 0 aliphatic heterocycles. The van der Waals surface area contributed by atoms with E-state index in [2.05, 4.69) is 10.1 Å². The Balaban J connectivity index is 3.07. The van der Waals surface area contributed by atoms with Crippen molar-refractivity contribution in [1.82, 2.24) is 4.98 Å². The first-order valence-corrected chi connectivity index (χ1v) is 4.02. The number of nitrogens with one attached hydrogen (secondary N) is 1. The summed E-state index contributed by atoms with van der Waals surface area (Å²) in [5.74, 6) is 0.0622. The summed E-state index contributed by atoms with van der Waals surface area (Å²) in [5.41, 5.74) is 5.21. The van der Waals surface area contributed by atoms with E-state index in [1.807, 2.05) is 0 Å². The van der Waals surface area contributed by atoms with Crippen molar-refractivity contribution in [1.29, 1.82) is 0 Å². The summed E-state index contributed by atoms with van der Waals surface area (Å²) in [4.78, 5) is 14.0. The number of H-pyrrole nitrogens is 1. The van der Waals surface area contributed by atoms with E-state index in [4.69, 9.17) is 15.7 Å². The van der Waals surface area contributed by atoms with Crippen LogP contribution in [0.5, 0.6) is 5.75 Å². The first-order chi connectivity index (χ1) is 6.69. The number of nitrogens with zero attached hydrogens (tertiary/aromatic N) is 1. The second kappa shape index (κ2) is 4.31. The lowest BCUT2D eigenvalue weighted by molar-refractivity contribution is 0.318. The molecule has 0 aromatic carbocycles. The molecule has 0 amide bonds. The standard InChI is InChI=1S/C8H11N3O3/c1-2-14-7-4-10-5(3-6(7)12)8(9)11-13/h3-4,13H,2H2,1H3,(H2,9,11)(H,10,12). The summed E-state index contributed by atoms with van der Waals surface area (Å²) in [7, 11) is 0. The van der Waals surface area contributed by atoms with Crippen molar-refractivity contribution >= 4 is 5.84 Å². The van der Waals surface area contributed by atoms with Crippen molar-refractivity contribution in [3.05, 3.63) is 28.2 Å². The van der Waals surface area contributed by atoms with Crippen molar-refractivity contribution in [2.24, 2.45) is 10.9 Å². The zero-order valence-electron chi connectivity index (χ0n) is 7.65. The SMILES string of the molecule is CCOc1c[nH]c(/C(N)=N/O)cc1=O. The number of pyridine rings is 1. The summed E-state index contributed by atoms with van der Waals surface area (Å²) in [6.07, 6.45) is 1.37. The highest BCUT2D eigenvalue weighted by molar-refractivity contribution is 5.95. The molecule has 0 spiro atoms. The minimum atomic E-state index is -0.313. The van der Waals surface area contributed by atoms with Crippen molar-refractivity contribution in [3.8, 4) is 5.75 Å². The molecule has 0 aliphatic rings. The molecule has 0 saturated heterocycles. The Morgan fingerprint density at radius 3 is 3.00 bits per heavy atom. The van der Waals surface area contributed by atoms with Gasteiger partial charge in [0.05, 0.1) is 12.3 Å². The molecule has 6 heteroatoms. The number of rotatable bonds is 3. The van der Waals surface area contributed by atoms with E-state index in [-0.39, 0.29) is 22.7 Å². The van der Waals surface area contributed by atoms with Gasteiger partial charge >= 0.3 is 0 Å². The maximum absolute atomic E-state index is 11.3. The second-order valence-electron chi connectivity index (χ2n) is 2.49. The van der Waals surface area contributed by atoms with Crippen LogP contribution in [0.25, 0.3) is 0 Å². The molecule has 0 atom stereocenters. The molecule has 1 heterocycles. The lowest BCUT2D eigenvalue weighted by atomic mass is 10.3. The Labute approximate surface area is 80.0 Å². The molecule has 76 valence electrons. The number of hydrogen-bond acceptors (Lipinski definition) is 4. The monoisotopic (exact) mass is 197 g/mol. The minimum absolute atomic E-state index is 0.148. The fraction of sp³-hybridized carbons (Fsp3) is 0.250. The van der Waals surface area contributed by atoms with Crippen LogP contribution in [0, 0.1) is 0 Å². The Morgan fingerprint density at radius 2 is 2.50 bits per heavy atom. The van der Waals surface area contributed by atoms with Gasteiger partial charge in [0, 0.05) is 12.3 Å². The van der Waals surface area contributed by atoms with E-state index < -0.39 is 0 Å². The molecule has 0 radical (unpaired) electrons. The van der Waals surface area contributed by atoms with Gasteiger partial charge in [-0.15, -0.1) is 0 Å². The van der Waals surface area contributed by atoms with Gasteiger partial charge in [0.1, 0.15) is 0 Å². The quantitative estimate of drug-likeness (QED) is 0.272. The fourth-order valence-electron chi connectivity index (χ4n) is 0.928. The molecule has 14 heavy (non-hydrogen) atoms. The van der Waals surface area contributed by atoms with Gasteiger partial charge in [-0.25, -0.2) is 0 Å². The zero-order chi connectivity index (χ0) is 10.6. The Morgan fingerprint density at radius 1 is 1.79 bits per heavy atom. The van der Waals surface area contributed by atoms with Crippen LogP contribution in [-0.4, -0.2) is 22.6 Å². The number of nitrogens with two attached hydrogens (primary N) is 1. The third-order valence-electron chi connectivity index (χ3n) is 1.56. The summed E-state index contributed by atoms with van der Waals surface area (Å²) < 4.78 is 5.02. The van der Waals surface area contributed by atoms with Gasteiger partial charge in [-0.2, -0.15) is 0 Å². The molecule has 1 aromatic rings. The third-order valence-corrected chi connectivity index (χ3v) is 1.56. The number of amidine groups is 1. The van der Waals surface area contributed by atoms with E-state index in [0.717, 1.165) is 0 Å². The van der Waals surface area contributed by atoms with E-state index in [0.29, 0.717) is 6.61 Å².